The van der Waals surface area contributed by atoms with E-state index in [1.807, 2.05) is 12.1 Å². The number of aromatic hydroxyl groups is 1. The Labute approximate surface area is 106 Å². The van der Waals surface area contributed by atoms with E-state index in [1.165, 1.54) is 0 Å². The molecule has 94 valence electrons. The fourth-order valence-corrected chi connectivity index (χ4v) is 1.87. The summed E-state index contributed by atoms with van der Waals surface area (Å²) in [4.78, 5) is 0. The molecule has 0 saturated carbocycles. The number of ether oxygens (including phenoxy) is 2. The maximum atomic E-state index is 9.92. The molecule has 18 heavy (non-hydrogen) atoms. The van der Waals surface area contributed by atoms with Crippen molar-refractivity contribution in [2.45, 2.75) is 0 Å². The molecular formula is C14H15NO3. The highest BCUT2D eigenvalue weighted by Gasteiger charge is 2.14. The normalized spacial score (nSPS) is 10.1. The molecule has 0 spiro atoms. The Morgan fingerprint density at radius 1 is 1.00 bits per heavy atom. The van der Waals surface area contributed by atoms with Gasteiger partial charge in [-0.2, -0.15) is 0 Å². The van der Waals surface area contributed by atoms with E-state index in [1.54, 1.807) is 38.5 Å². The summed E-state index contributed by atoms with van der Waals surface area (Å²) in [5.74, 6) is 1.33. The number of para-hydroxylation sites is 1. The average molecular weight is 245 g/mol. The third-order valence-electron chi connectivity index (χ3n) is 2.71. The van der Waals surface area contributed by atoms with Crippen molar-refractivity contribution < 1.29 is 14.6 Å². The zero-order valence-electron chi connectivity index (χ0n) is 10.3. The second-order valence-corrected chi connectivity index (χ2v) is 3.82. The fourth-order valence-electron chi connectivity index (χ4n) is 1.87. The van der Waals surface area contributed by atoms with Crippen LogP contribution in [-0.4, -0.2) is 19.3 Å². The topological polar surface area (TPSA) is 64.7 Å². The van der Waals surface area contributed by atoms with Crippen LogP contribution in [0.25, 0.3) is 11.1 Å². The molecule has 4 heteroatoms. The second kappa shape index (κ2) is 4.87. The van der Waals surface area contributed by atoms with E-state index in [9.17, 15) is 5.11 Å². The van der Waals surface area contributed by atoms with Gasteiger partial charge in [-0.1, -0.05) is 12.1 Å². The molecule has 0 atom stereocenters. The van der Waals surface area contributed by atoms with E-state index in [4.69, 9.17) is 15.2 Å². The van der Waals surface area contributed by atoms with Crippen molar-refractivity contribution in [3.8, 4) is 28.4 Å². The first-order chi connectivity index (χ1) is 8.67. The van der Waals surface area contributed by atoms with Crippen LogP contribution in [0.15, 0.2) is 36.4 Å². The van der Waals surface area contributed by atoms with Crippen LogP contribution in [0.1, 0.15) is 0 Å². The van der Waals surface area contributed by atoms with Gasteiger partial charge in [0, 0.05) is 16.8 Å². The molecule has 4 nitrogen and oxygen atoms in total. The maximum Gasteiger partial charge on any atom is 0.168 e. The third-order valence-corrected chi connectivity index (χ3v) is 2.71. The summed E-state index contributed by atoms with van der Waals surface area (Å²) in [5, 5.41) is 9.92. The lowest BCUT2D eigenvalue weighted by Gasteiger charge is -2.13. The van der Waals surface area contributed by atoms with Crippen LogP contribution in [-0.2, 0) is 0 Å². The van der Waals surface area contributed by atoms with Gasteiger partial charge in [0.2, 0.25) is 0 Å². The van der Waals surface area contributed by atoms with E-state index in [0.29, 0.717) is 22.7 Å². The lowest BCUT2D eigenvalue weighted by molar-refractivity contribution is 0.356. The first kappa shape index (κ1) is 12.1. The van der Waals surface area contributed by atoms with Crippen LogP contribution in [0.5, 0.6) is 17.2 Å². The van der Waals surface area contributed by atoms with Crippen molar-refractivity contribution in [1.29, 1.82) is 0 Å². The number of methoxy groups -OCH3 is 2. The van der Waals surface area contributed by atoms with Crippen LogP contribution in [0.3, 0.4) is 0 Å². The van der Waals surface area contributed by atoms with Gasteiger partial charge in [-0.15, -0.1) is 0 Å². The lowest BCUT2D eigenvalue weighted by Crippen LogP contribution is -1.94. The number of nitrogens with two attached hydrogens (primary N) is 1. The highest BCUT2D eigenvalue weighted by atomic mass is 16.5. The lowest BCUT2D eigenvalue weighted by atomic mass is 10.0. The number of hydrogen-bond acceptors (Lipinski definition) is 4. The van der Waals surface area contributed by atoms with E-state index in [0.717, 1.165) is 5.56 Å². The van der Waals surface area contributed by atoms with Crippen LogP contribution >= 0.6 is 0 Å². The van der Waals surface area contributed by atoms with Crippen molar-refractivity contribution in [3.05, 3.63) is 36.4 Å². The van der Waals surface area contributed by atoms with Gasteiger partial charge < -0.3 is 20.3 Å². The highest BCUT2D eigenvalue weighted by molar-refractivity contribution is 5.80. The Balaban J connectivity index is 2.66. The molecule has 0 aliphatic heterocycles. The first-order valence-electron chi connectivity index (χ1n) is 5.47. The zero-order valence-corrected chi connectivity index (χ0v) is 10.3. The molecule has 2 aromatic carbocycles. The summed E-state index contributed by atoms with van der Waals surface area (Å²) < 4.78 is 10.6. The average Bonchev–Trinajstić information content (AvgIpc) is 2.40. The Morgan fingerprint density at radius 2 is 1.78 bits per heavy atom. The molecule has 2 rings (SSSR count). The molecule has 0 heterocycles. The molecular weight excluding hydrogens is 230 g/mol. The van der Waals surface area contributed by atoms with Gasteiger partial charge in [0.15, 0.2) is 11.5 Å². The smallest absolute Gasteiger partial charge is 0.168 e. The fraction of sp³-hybridized carbons (Fsp3) is 0.143. The van der Waals surface area contributed by atoms with E-state index in [2.05, 4.69) is 0 Å². The molecule has 0 bridgehead atoms. The standard InChI is InChI=1S/C14H15NO3/c1-17-13-5-3-4-10(14(13)18-2)11-8-9(15)6-7-12(11)16/h3-8,16H,15H2,1-2H3. The number of benzene rings is 2. The predicted molar refractivity (Wildman–Crippen MR) is 71.1 cm³/mol. The number of phenolic OH excluding ortho intramolecular Hbond substituents is 1. The largest absolute Gasteiger partial charge is 0.507 e. The minimum atomic E-state index is 0.149. The minimum absolute atomic E-state index is 0.149. The molecule has 2 aromatic rings. The molecule has 0 unspecified atom stereocenters. The molecule has 0 saturated heterocycles. The molecule has 0 radical (unpaired) electrons. The van der Waals surface area contributed by atoms with Crippen molar-refractivity contribution in [1.82, 2.24) is 0 Å². The first-order valence-corrected chi connectivity index (χ1v) is 5.47. The zero-order chi connectivity index (χ0) is 13.1. The van der Waals surface area contributed by atoms with Gasteiger partial charge in [-0.25, -0.2) is 0 Å². The van der Waals surface area contributed by atoms with Gasteiger partial charge in [0.1, 0.15) is 5.75 Å². The Kier molecular flexibility index (Phi) is 3.28. The van der Waals surface area contributed by atoms with Gasteiger partial charge in [-0.3, -0.25) is 0 Å². The molecule has 0 amide bonds. The van der Waals surface area contributed by atoms with Gasteiger partial charge in [0.25, 0.3) is 0 Å². The Bertz CT molecular complexity index is 567. The highest BCUT2D eigenvalue weighted by Crippen LogP contribution is 2.41. The van der Waals surface area contributed by atoms with Gasteiger partial charge in [-0.05, 0) is 24.3 Å². The summed E-state index contributed by atoms with van der Waals surface area (Å²) in [6, 6.07) is 10.4. The number of phenols is 1. The summed E-state index contributed by atoms with van der Waals surface area (Å²) in [5.41, 5.74) is 7.67. The monoisotopic (exact) mass is 245 g/mol. The second-order valence-electron chi connectivity index (χ2n) is 3.82. The summed E-state index contributed by atoms with van der Waals surface area (Å²) in [7, 11) is 3.13. The van der Waals surface area contributed by atoms with Crippen LogP contribution in [0, 0.1) is 0 Å². The van der Waals surface area contributed by atoms with Crippen LogP contribution < -0.4 is 15.2 Å². The number of rotatable bonds is 3. The van der Waals surface area contributed by atoms with Crippen molar-refractivity contribution in [3.63, 3.8) is 0 Å². The predicted octanol–water partition coefficient (Wildman–Crippen LogP) is 2.66. The third kappa shape index (κ3) is 2.05. The van der Waals surface area contributed by atoms with Crippen LogP contribution in [0.4, 0.5) is 5.69 Å². The van der Waals surface area contributed by atoms with Gasteiger partial charge >= 0.3 is 0 Å². The number of hydrogen-bond donors (Lipinski definition) is 2. The van der Waals surface area contributed by atoms with E-state index >= 15 is 0 Å². The van der Waals surface area contributed by atoms with E-state index < -0.39 is 0 Å². The molecule has 3 N–H and O–H groups in total. The minimum Gasteiger partial charge on any atom is -0.507 e. The van der Waals surface area contributed by atoms with Crippen molar-refractivity contribution in [2.24, 2.45) is 0 Å². The quantitative estimate of drug-likeness (QED) is 0.644. The SMILES string of the molecule is COc1cccc(-c2cc(N)ccc2O)c1OC. The Hall–Kier alpha value is -2.36. The summed E-state index contributed by atoms with van der Waals surface area (Å²) in [6.45, 7) is 0. The Morgan fingerprint density at radius 3 is 2.44 bits per heavy atom. The van der Waals surface area contributed by atoms with Crippen molar-refractivity contribution in [2.75, 3.05) is 20.0 Å². The molecule has 0 aliphatic carbocycles. The van der Waals surface area contributed by atoms with E-state index in [-0.39, 0.29) is 5.75 Å². The molecule has 0 aromatic heterocycles. The molecule has 0 aliphatic rings. The maximum absolute atomic E-state index is 9.92. The van der Waals surface area contributed by atoms with Crippen LogP contribution in [0.2, 0.25) is 0 Å². The molecule has 0 fully saturated rings. The van der Waals surface area contributed by atoms with Gasteiger partial charge in [0.05, 0.1) is 14.2 Å². The summed E-state index contributed by atoms with van der Waals surface area (Å²) >= 11 is 0. The number of nitrogen functional groups attached to an aromatic ring is 1. The number of anilines is 1. The summed E-state index contributed by atoms with van der Waals surface area (Å²) in [6.07, 6.45) is 0. The van der Waals surface area contributed by atoms with Crippen molar-refractivity contribution >= 4 is 5.69 Å².